The summed E-state index contributed by atoms with van der Waals surface area (Å²) in [6, 6.07) is 12.3. The molecule has 37 heavy (non-hydrogen) atoms. The van der Waals surface area contributed by atoms with Gasteiger partial charge in [0, 0.05) is 18.8 Å². The number of benzene rings is 2. The lowest BCUT2D eigenvalue weighted by Gasteiger charge is -2.09. The van der Waals surface area contributed by atoms with E-state index < -0.39 is 9.15 Å². The molecule has 0 aromatic heterocycles. The first-order valence-corrected chi connectivity index (χ1v) is 16.0. The van der Waals surface area contributed by atoms with Gasteiger partial charge in [-0.3, -0.25) is 4.18 Å². The predicted octanol–water partition coefficient (Wildman–Crippen LogP) is 5.11. The van der Waals surface area contributed by atoms with E-state index in [0.29, 0.717) is 32.1 Å². The highest BCUT2D eigenvalue weighted by Crippen LogP contribution is 2.18. The number of hydrogen-bond donors (Lipinski definition) is 2. The Labute approximate surface area is 227 Å². The van der Waals surface area contributed by atoms with Gasteiger partial charge in [-0.15, -0.1) is 0 Å². The zero-order chi connectivity index (χ0) is 26.9. The number of rotatable bonds is 20. The van der Waals surface area contributed by atoms with Crippen molar-refractivity contribution in [3.05, 3.63) is 58.7 Å². The molecule has 0 heterocycles. The summed E-state index contributed by atoms with van der Waals surface area (Å²) in [6.45, 7) is 12.6. The number of hydrogen-bond acceptors (Lipinski definition) is 8. The van der Waals surface area contributed by atoms with Crippen LogP contribution in [0.1, 0.15) is 47.9 Å². The lowest BCUT2D eigenvalue weighted by atomic mass is 10.1. The van der Waals surface area contributed by atoms with E-state index in [9.17, 15) is 8.42 Å². The van der Waals surface area contributed by atoms with E-state index in [-0.39, 0.29) is 6.61 Å². The highest BCUT2D eigenvalue weighted by Gasteiger charge is 2.11. The van der Waals surface area contributed by atoms with Crippen LogP contribution in [0.15, 0.2) is 36.4 Å². The summed E-state index contributed by atoms with van der Waals surface area (Å²) in [7, 11) is -2.72. The largest absolute Gasteiger partial charge is 0.494 e. The molecule has 0 saturated heterocycles. The normalized spacial score (nSPS) is 11.6. The smallest absolute Gasteiger partial charge is 0.322 e. The molecule has 0 unspecified atom stereocenters. The number of nitrogens with one attached hydrogen (secondary N) is 2. The Balaban J connectivity index is 1.37. The first-order valence-electron chi connectivity index (χ1n) is 13.1. The maximum Gasteiger partial charge on any atom is 0.322 e. The molecule has 2 N–H and O–H groups in total. The van der Waals surface area contributed by atoms with Gasteiger partial charge in [0.15, 0.2) is 0 Å². The standard InChI is InChI=1S/C28H44N2O5S2/c1-23-9-11-27(21-25(23)3)33-17-7-5-13-29-15-19-35-37(31,32)36-20-16-30-14-6-8-18-34-28-12-10-24(2)26(4)22-28/h9-12,21-22,29-30H,5-8,13-20H2,1-4H3. The molecule has 0 aliphatic rings. The average molecular weight is 553 g/mol. The van der Waals surface area contributed by atoms with Crippen LogP contribution in [0.3, 0.4) is 0 Å². The summed E-state index contributed by atoms with van der Waals surface area (Å²) >= 11 is 0. The molecule has 2 aromatic rings. The van der Waals surface area contributed by atoms with E-state index in [4.69, 9.17) is 13.7 Å². The van der Waals surface area contributed by atoms with Crippen LogP contribution in [-0.2, 0) is 13.3 Å². The molecule has 0 radical (unpaired) electrons. The second kappa shape index (κ2) is 17.7. The topological polar surface area (TPSA) is 85.9 Å². The van der Waals surface area contributed by atoms with Crippen molar-refractivity contribution in [1.82, 2.24) is 10.6 Å². The van der Waals surface area contributed by atoms with Crippen molar-refractivity contribution in [2.24, 2.45) is 0 Å². The summed E-state index contributed by atoms with van der Waals surface area (Å²) in [5.41, 5.74) is 4.99. The summed E-state index contributed by atoms with van der Waals surface area (Å²) < 4.78 is 40.6. The van der Waals surface area contributed by atoms with E-state index in [2.05, 4.69) is 62.6 Å². The van der Waals surface area contributed by atoms with Gasteiger partial charge in [-0.1, -0.05) is 12.1 Å². The first kappa shape index (κ1) is 31.4. The van der Waals surface area contributed by atoms with Crippen LogP contribution in [0.25, 0.3) is 0 Å². The monoisotopic (exact) mass is 552 g/mol. The van der Waals surface area contributed by atoms with Crippen molar-refractivity contribution < 1.29 is 22.1 Å². The van der Waals surface area contributed by atoms with Gasteiger partial charge in [0.1, 0.15) is 11.5 Å². The van der Waals surface area contributed by atoms with Gasteiger partial charge in [0.25, 0.3) is 0 Å². The second-order valence-electron chi connectivity index (χ2n) is 9.16. The van der Waals surface area contributed by atoms with Crippen molar-refractivity contribution in [2.45, 2.75) is 53.4 Å². The van der Waals surface area contributed by atoms with E-state index in [0.717, 1.165) is 61.1 Å². The number of unbranched alkanes of at least 4 members (excludes halogenated alkanes) is 2. The van der Waals surface area contributed by atoms with Crippen LogP contribution in [0.2, 0.25) is 0 Å². The van der Waals surface area contributed by atoms with E-state index >= 15 is 0 Å². The molecule has 208 valence electrons. The average Bonchev–Trinajstić information content (AvgIpc) is 2.86. The molecule has 0 spiro atoms. The van der Waals surface area contributed by atoms with Crippen molar-refractivity contribution >= 4 is 19.9 Å². The van der Waals surface area contributed by atoms with Crippen LogP contribution in [0, 0.1) is 27.7 Å². The van der Waals surface area contributed by atoms with Crippen molar-refractivity contribution in [2.75, 3.05) is 51.8 Å². The first-order chi connectivity index (χ1) is 17.8. The van der Waals surface area contributed by atoms with Crippen molar-refractivity contribution in [3.8, 4) is 11.5 Å². The Morgan fingerprint density at radius 1 is 0.649 bits per heavy atom. The van der Waals surface area contributed by atoms with Gasteiger partial charge >= 0.3 is 9.15 Å². The summed E-state index contributed by atoms with van der Waals surface area (Å²) in [6.07, 6.45) is 3.81. The third kappa shape index (κ3) is 14.1. The van der Waals surface area contributed by atoms with Crippen molar-refractivity contribution in [1.29, 1.82) is 0 Å². The zero-order valence-electron chi connectivity index (χ0n) is 22.8. The fourth-order valence-corrected chi connectivity index (χ4v) is 5.47. The van der Waals surface area contributed by atoms with Gasteiger partial charge < -0.3 is 20.1 Å². The van der Waals surface area contributed by atoms with Crippen LogP contribution < -0.4 is 20.1 Å². The van der Waals surface area contributed by atoms with E-state index in [1.165, 1.54) is 22.3 Å². The lowest BCUT2D eigenvalue weighted by Crippen LogP contribution is -2.23. The second-order valence-corrected chi connectivity index (χ2v) is 12.8. The van der Waals surface area contributed by atoms with E-state index in [1.807, 2.05) is 12.1 Å². The van der Waals surface area contributed by atoms with Crippen LogP contribution in [0.5, 0.6) is 11.5 Å². The van der Waals surface area contributed by atoms with Crippen molar-refractivity contribution in [3.63, 3.8) is 0 Å². The molecule has 2 rings (SSSR count). The minimum Gasteiger partial charge on any atom is -0.494 e. The Kier molecular flexibility index (Phi) is 15.0. The van der Waals surface area contributed by atoms with Crippen LogP contribution in [-0.4, -0.2) is 60.2 Å². The predicted molar refractivity (Wildman–Crippen MR) is 154 cm³/mol. The molecular weight excluding hydrogens is 508 g/mol. The SMILES string of the molecule is Cc1ccc(OCCCCNCCOS(=O)(=O)SCCNCCCCOc2ccc(C)c(C)c2)cc1C. The van der Waals surface area contributed by atoms with E-state index in [1.54, 1.807) is 0 Å². The third-order valence-corrected chi connectivity index (χ3v) is 8.77. The summed E-state index contributed by atoms with van der Waals surface area (Å²) in [5.74, 6) is 2.27. The highest BCUT2D eigenvalue weighted by atomic mass is 33.1. The molecule has 0 saturated carbocycles. The Morgan fingerprint density at radius 3 is 1.68 bits per heavy atom. The van der Waals surface area contributed by atoms with Crippen LogP contribution in [0.4, 0.5) is 0 Å². The summed E-state index contributed by atoms with van der Waals surface area (Å²) in [4.78, 5) is 0. The lowest BCUT2D eigenvalue weighted by molar-refractivity contribution is 0.301. The maximum absolute atomic E-state index is 12.0. The minimum atomic E-state index is -3.56. The van der Waals surface area contributed by atoms with Gasteiger partial charge in [0.2, 0.25) is 0 Å². The van der Waals surface area contributed by atoms with Gasteiger partial charge in [-0.05, 0) is 124 Å². The summed E-state index contributed by atoms with van der Waals surface area (Å²) in [5, 5.41) is 6.48. The number of ether oxygens (including phenoxy) is 2. The minimum absolute atomic E-state index is 0.141. The fourth-order valence-electron chi connectivity index (χ4n) is 3.41. The molecule has 0 aliphatic heterocycles. The van der Waals surface area contributed by atoms with Gasteiger partial charge in [-0.2, -0.15) is 8.42 Å². The Bertz CT molecular complexity index is 956. The number of aryl methyl sites for hydroxylation is 4. The highest BCUT2D eigenvalue weighted by molar-refractivity contribution is 8.70. The quantitative estimate of drug-likeness (QED) is 0.173. The van der Waals surface area contributed by atoms with Gasteiger partial charge in [-0.25, -0.2) is 0 Å². The fraction of sp³-hybridized carbons (Fsp3) is 0.571. The Morgan fingerprint density at radius 2 is 1.16 bits per heavy atom. The molecule has 0 amide bonds. The molecule has 9 heteroatoms. The molecule has 7 nitrogen and oxygen atoms in total. The van der Waals surface area contributed by atoms with Crippen LogP contribution >= 0.6 is 10.8 Å². The molecule has 0 bridgehead atoms. The molecule has 2 aromatic carbocycles. The molecular formula is C28H44N2O5S2. The molecule has 0 fully saturated rings. The zero-order valence-corrected chi connectivity index (χ0v) is 24.4. The van der Waals surface area contributed by atoms with Gasteiger partial charge in [0.05, 0.1) is 19.8 Å². The maximum atomic E-state index is 12.0. The third-order valence-electron chi connectivity index (χ3n) is 6.00. The molecule has 0 atom stereocenters. The Hall–Kier alpha value is -1.78. The molecule has 0 aliphatic carbocycles.